The second-order valence-corrected chi connectivity index (χ2v) is 5.80. The summed E-state index contributed by atoms with van der Waals surface area (Å²) in [7, 11) is 0. The smallest absolute Gasteiger partial charge is 0.199 e. The number of halogens is 1. The molecule has 1 aromatic heterocycles. The Morgan fingerprint density at radius 1 is 1.69 bits per heavy atom. The van der Waals surface area contributed by atoms with E-state index in [9.17, 15) is 4.79 Å². The monoisotopic (exact) mass is 276 g/mol. The number of thiophene rings is 1. The minimum absolute atomic E-state index is 0.0602. The largest absolute Gasteiger partial charge is 0.288 e. The van der Waals surface area contributed by atoms with Gasteiger partial charge in [-0.15, -0.1) is 11.3 Å². The third-order valence-electron chi connectivity index (χ3n) is 1.44. The van der Waals surface area contributed by atoms with Crippen molar-refractivity contribution in [3.8, 4) is 0 Å². The van der Waals surface area contributed by atoms with Crippen LogP contribution in [0.4, 0.5) is 0 Å². The molecule has 0 atom stereocenters. The van der Waals surface area contributed by atoms with Crippen molar-refractivity contribution in [1.82, 2.24) is 0 Å². The highest BCUT2D eigenvalue weighted by molar-refractivity contribution is 9.11. The molecule has 0 radical (unpaired) electrons. The van der Waals surface area contributed by atoms with Crippen molar-refractivity contribution < 1.29 is 4.79 Å². The molecule has 1 aromatic rings. The van der Waals surface area contributed by atoms with Crippen LogP contribution in [0.3, 0.4) is 0 Å². The van der Waals surface area contributed by atoms with Crippen LogP contribution in [-0.4, -0.2) is 17.8 Å². The molecule has 0 N–H and O–H groups in total. The lowest BCUT2D eigenvalue weighted by molar-refractivity contribution is 0.103. The first-order valence-electron chi connectivity index (χ1n) is 3.62. The van der Waals surface area contributed by atoms with Crippen LogP contribution in [0.2, 0.25) is 0 Å². The molecule has 4 heteroatoms. The number of ketones is 1. The minimum atomic E-state index is 0.0602. The van der Waals surface area contributed by atoms with Crippen LogP contribution in [0.25, 0.3) is 0 Å². The third kappa shape index (κ3) is 2.97. The summed E-state index contributed by atoms with van der Waals surface area (Å²) in [6.07, 6.45) is 1.96. The molecule has 0 aliphatic heterocycles. The van der Waals surface area contributed by atoms with Crippen molar-refractivity contribution in [2.75, 3.05) is 12.0 Å². The fraction of sp³-hybridized carbons (Fsp3) is 0.222. The molecule has 1 heterocycles. The zero-order valence-corrected chi connectivity index (χ0v) is 10.4. The van der Waals surface area contributed by atoms with Gasteiger partial charge in [0.05, 0.1) is 8.66 Å². The predicted octanol–water partition coefficient (Wildman–Crippen LogP) is 3.61. The molecule has 0 aliphatic rings. The van der Waals surface area contributed by atoms with Crippen LogP contribution in [0, 0.1) is 0 Å². The summed E-state index contributed by atoms with van der Waals surface area (Å²) in [5.41, 5.74) is 0.668. The molecule has 0 saturated carbocycles. The van der Waals surface area contributed by atoms with Gasteiger partial charge < -0.3 is 0 Å². The Balaban J connectivity index is 2.73. The number of hydrogen-bond acceptors (Lipinski definition) is 3. The first-order chi connectivity index (χ1) is 6.15. The van der Waals surface area contributed by atoms with E-state index in [4.69, 9.17) is 0 Å². The number of carbonyl (C=O) groups is 1. The molecule has 0 aromatic carbocycles. The van der Waals surface area contributed by atoms with Crippen molar-refractivity contribution in [2.24, 2.45) is 0 Å². The van der Waals surface area contributed by atoms with E-state index in [0.717, 1.165) is 8.66 Å². The third-order valence-corrected chi connectivity index (χ3v) is 3.70. The Bertz CT molecular complexity index is 330. The zero-order valence-electron chi connectivity index (χ0n) is 7.17. The number of hydrogen-bond donors (Lipinski definition) is 0. The van der Waals surface area contributed by atoms with Gasteiger partial charge in [-0.1, -0.05) is 6.58 Å². The van der Waals surface area contributed by atoms with E-state index in [2.05, 4.69) is 22.5 Å². The highest BCUT2D eigenvalue weighted by atomic mass is 79.9. The maximum atomic E-state index is 11.6. The Kier molecular flexibility index (Phi) is 4.22. The van der Waals surface area contributed by atoms with Gasteiger partial charge in [0.1, 0.15) is 0 Å². The Morgan fingerprint density at radius 3 is 2.85 bits per heavy atom. The van der Waals surface area contributed by atoms with Crippen molar-refractivity contribution in [1.29, 1.82) is 0 Å². The van der Waals surface area contributed by atoms with Gasteiger partial charge in [0.15, 0.2) is 5.78 Å². The molecule has 0 saturated heterocycles. The van der Waals surface area contributed by atoms with E-state index in [1.807, 2.05) is 18.4 Å². The summed E-state index contributed by atoms with van der Waals surface area (Å²) in [5.74, 6) is 0.763. The number of carbonyl (C=O) groups excluding carboxylic acids is 1. The van der Waals surface area contributed by atoms with Gasteiger partial charge in [0.25, 0.3) is 0 Å². The second kappa shape index (κ2) is 4.98. The van der Waals surface area contributed by atoms with E-state index < -0.39 is 0 Å². The Hall–Kier alpha value is -0.0600. The van der Waals surface area contributed by atoms with E-state index in [0.29, 0.717) is 11.3 Å². The summed E-state index contributed by atoms with van der Waals surface area (Å²) < 4.78 is 0.979. The fourth-order valence-electron chi connectivity index (χ4n) is 0.850. The van der Waals surface area contributed by atoms with Gasteiger partial charge in [-0.25, -0.2) is 0 Å². The van der Waals surface area contributed by atoms with Crippen molar-refractivity contribution in [3.63, 3.8) is 0 Å². The summed E-state index contributed by atoms with van der Waals surface area (Å²) in [4.78, 5) is 12.4. The highest BCUT2D eigenvalue weighted by Crippen LogP contribution is 2.24. The minimum Gasteiger partial charge on any atom is -0.288 e. The van der Waals surface area contributed by atoms with Crippen molar-refractivity contribution in [3.05, 3.63) is 32.9 Å². The van der Waals surface area contributed by atoms with Crippen LogP contribution in [0.15, 0.2) is 28.1 Å². The second-order valence-electron chi connectivity index (χ2n) is 2.47. The quantitative estimate of drug-likeness (QED) is 0.617. The Morgan fingerprint density at radius 2 is 2.38 bits per heavy atom. The first kappa shape index (κ1) is 11.0. The maximum Gasteiger partial charge on any atom is 0.199 e. The molecular formula is C9H9BrOS2. The summed E-state index contributed by atoms with van der Waals surface area (Å²) in [6.45, 7) is 3.75. The molecule has 70 valence electrons. The van der Waals surface area contributed by atoms with Gasteiger partial charge in [0, 0.05) is 11.3 Å². The predicted molar refractivity (Wildman–Crippen MR) is 63.9 cm³/mol. The van der Waals surface area contributed by atoms with Gasteiger partial charge >= 0.3 is 0 Å². The lowest BCUT2D eigenvalue weighted by Crippen LogP contribution is -2.01. The molecular weight excluding hydrogens is 268 g/mol. The molecule has 0 bridgehead atoms. The van der Waals surface area contributed by atoms with Crippen LogP contribution >= 0.6 is 39.0 Å². The normalized spacial score (nSPS) is 10.0. The Labute approximate surface area is 94.4 Å². The van der Waals surface area contributed by atoms with Gasteiger partial charge in [-0.2, -0.15) is 11.8 Å². The number of rotatable bonds is 4. The molecule has 1 nitrogen and oxygen atoms in total. The topological polar surface area (TPSA) is 17.1 Å². The van der Waals surface area contributed by atoms with Gasteiger partial charge in [0.2, 0.25) is 0 Å². The van der Waals surface area contributed by atoms with E-state index in [-0.39, 0.29) is 5.78 Å². The van der Waals surface area contributed by atoms with Crippen molar-refractivity contribution >= 4 is 44.8 Å². The number of thioether (sulfide) groups is 1. The average Bonchev–Trinajstić information content (AvgIpc) is 2.51. The van der Waals surface area contributed by atoms with E-state index in [1.54, 1.807) is 11.8 Å². The summed E-state index contributed by atoms with van der Waals surface area (Å²) in [6, 6.07) is 3.70. The first-order valence-corrected chi connectivity index (χ1v) is 6.62. The molecule has 0 amide bonds. The number of Topliss-reactive ketones (excluding diaryl/α,β-unsaturated/α-hetero) is 1. The molecule has 1 rings (SSSR count). The van der Waals surface area contributed by atoms with Crippen molar-refractivity contribution in [2.45, 2.75) is 0 Å². The standard InChI is InChI=1S/C9H9BrOS2/c1-6(5-12-2)9(11)7-3-4-8(10)13-7/h3-4H,1,5H2,2H3. The molecule has 13 heavy (non-hydrogen) atoms. The SMILES string of the molecule is C=C(CSC)C(=O)c1ccc(Br)s1. The molecule has 0 unspecified atom stereocenters. The van der Waals surface area contributed by atoms with Crippen LogP contribution < -0.4 is 0 Å². The van der Waals surface area contributed by atoms with Crippen LogP contribution in [0.1, 0.15) is 9.67 Å². The zero-order chi connectivity index (χ0) is 9.84. The molecule has 0 spiro atoms. The van der Waals surface area contributed by atoms with E-state index in [1.165, 1.54) is 11.3 Å². The molecule has 0 aliphatic carbocycles. The lowest BCUT2D eigenvalue weighted by Gasteiger charge is -1.98. The van der Waals surface area contributed by atoms with Crippen LogP contribution in [0.5, 0.6) is 0 Å². The summed E-state index contributed by atoms with van der Waals surface area (Å²) >= 11 is 6.38. The van der Waals surface area contributed by atoms with E-state index >= 15 is 0 Å². The highest BCUT2D eigenvalue weighted by Gasteiger charge is 2.11. The van der Waals surface area contributed by atoms with Gasteiger partial charge in [-0.3, -0.25) is 4.79 Å². The fourth-order valence-corrected chi connectivity index (χ4v) is 2.70. The summed E-state index contributed by atoms with van der Waals surface area (Å²) in [5, 5.41) is 0. The van der Waals surface area contributed by atoms with Gasteiger partial charge in [-0.05, 0) is 34.3 Å². The lowest BCUT2D eigenvalue weighted by atomic mass is 10.2. The van der Waals surface area contributed by atoms with Crippen LogP contribution in [-0.2, 0) is 0 Å². The maximum absolute atomic E-state index is 11.6. The average molecular weight is 277 g/mol. The molecule has 0 fully saturated rings.